The summed E-state index contributed by atoms with van der Waals surface area (Å²) in [5.41, 5.74) is -0.0798. The van der Waals surface area contributed by atoms with Crippen LogP contribution in [0.15, 0.2) is 24.3 Å². The number of non-ortho nitro benzene ring substituents is 1. The van der Waals surface area contributed by atoms with E-state index < -0.39 is 11.1 Å². The Labute approximate surface area is 116 Å². The van der Waals surface area contributed by atoms with Crippen LogP contribution < -0.4 is 4.74 Å². The number of aliphatic hydroxyl groups is 1. The van der Waals surface area contributed by atoms with Gasteiger partial charge in [-0.25, -0.2) is 4.79 Å². The van der Waals surface area contributed by atoms with E-state index in [-0.39, 0.29) is 24.1 Å². The highest BCUT2D eigenvalue weighted by Gasteiger charge is 2.09. The number of nitro groups is 1. The first-order valence-corrected chi connectivity index (χ1v) is 6.26. The standard InChI is InChI=1S/C13H17NO6/c1-10(15)4-2-3-9-19-13(16)20-12-7-5-11(6-8-12)14(17)18/h5-8,10,15H,2-4,9H2,1H3. The van der Waals surface area contributed by atoms with Crippen molar-refractivity contribution >= 4 is 11.8 Å². The van der Waals surface area contributed by atoms with E-state index in [1.165, 1.54) is 24.3 Å². The zero-order chi connectivity index (χ0) is 15.0. The van der Waals surface area contributed by atoms with Gasteiger partial charge in [-0.05, 0) is 38.3 Å². The fourth-order valence-electron chi connectivity index (χ4n) is 1.46. The molecule has 1 aromatic carbocycles. The third-order valence-electron chi connectivity index (χ3n) is 2.48. The number of carbonyl (C=O) groups excluding carboxylic acids is 1. The Hall–Kier alpha value is -2.15. The highest BCUT2D eigenvalue weighted by Crippen LogP contribution is 2.17. The Bertz CT molecular complexity index is 443. The van der Waals surface area contributed by atoms with E-state index in [0.717, 1.165) is 6.42 Å². The molecule has 0 saturated heterocycles. The number of unbranched alkanes of at least 4 members (excludes halogenated alkanes) is 1. The molecule has 1 unspecified atom stereocenters. The number of ether oxygens (including phenoxy) is 2. The van der Waals surface area contributed by atoms with E-state index >= 15 is 0 Å². The maximum absolute atomic E-state index is 11.3. The van der Waals surface area contributed by atoms with Crippen molar-refractivity contribution in [3.05, 3.63) is 34.4 Å². The maximum atomic E-state index is 11.3. The van der Waals surface area contributed by atoms with Gasteiger partial charge in [0.05, 0.1) is 17.6 Å². The highest BCUT2D eigenvalue weighted by molar-refractivity contribution is 5.63. The van der Waals surface area contributed by atoms with Gasteiger partial charge in [-0.15, -0.1) is 0 Å². The van der Waals surface area contributed by atoms with Crippen LogP contribution in [0.5, 0.6) is 5.75 Å². The molecular formula is C13H17NO6. The number of benzene rings is 1. The molecule has 0 saturated carbocycles. The van der Waals surface area contributed by atoms with Gasteiger partial charge in [0.2, 0.25) is 0 Å². The zero-order valence-electron chi connectivity index (χ0n) is 11.2. The van der Waals surface area contributed by atoms with Gasteiger partial charge in [-0.2, -0.15) is 0 Å². The first-order chi connectivity index (χ1) is 9.49. The van der Waals surface area contributed by atoms with E-state index in [0.29, 0.717) is 12.8 Å². The van der Waals surface area contributed by atoms with Crippen LogP contribution in [-0.2, 0) is 4.74 Å². The van der Waals surface area contributed by atoms with Crippen molar-refractivity contribution in [1.82, 2.24) is 0 Å². The van der Waals surface area contributed by atoms with Gasteiger partial charge < -0.3 is 14.6 Å². The molecule has 0 spiro atoms. The predicted molar refractivity (Wildman–Crippen MR) is 70.6 cm³/mol. The smallest absolute Gasteiger partial charge is 0.434 e. The SMILES string of the molecule is CC(O)CCCCOC(=O)Oc1ccc([N+](=O)[O-])cc1. The molecule has 0 heterocycles. The molecule has 1 N–H and O–H groups in total. The number of rotatable bonds is 7. The monoisotopic (exact) mass is 283 g/mol. The molecule has 1 rings (SSSR count). The first kappa shape index (κ1) is 15.9. The van der Waals surface area contributed by atoms with Crippen LogP contribution in [0.3, 0.4) is 0 Å². The Morgan fingerprint density at radius 2 is 2.00 bits per heavy atom. The molecule has 0 aromatic heterocycles. The Balaban J connectivity index is 2.26. The molecular weight excluding hydrogens is 266 g/mol. The van der Waals surface area contributed by atoms with Crippen molar-refractivity contribution < 1.29 is 24.3 Å². The summed E-state index contributed by atoms with van der Waals surface area (Å²) in [4.78, 5) is 21.2. The lowest BCUT2D eigenvalue weighted by Gasteiger charge is -2.06. The van der Waals surface area contributed by atoms with Gasteiger partial charge in [0.1, 0.15) is 5.75 Å². The Morgan fingerprint density at radius 3 is 2.55 bits per heavy atom. The van der Waals surface area contributed by atoms with Gasteiger partial charge in [-0.3, -0.25) is 10.1 Å². The average Bonchev–Trinajstić information content (AvgIpc) is 2.38. The number of nitrogens with zero attached hydrogens (tertiary/aromatic N) is 1. The summed E-state index contributed by atoms with van der Waals surface area (Å²) in [6, 6.07) is 5.14. The molecule has 0 bridgehead atoms. The molecule has 110 valence electrons. The number of nitro benzene ring substituents is 1. The lowest BCUT2D eigenvalue weighted by Crippen LogP contribution is -2.11. The second-order valence-electron chi connectivity index (χ2n) is 4.30. The molecule has 0 aliphatic carbocycles. The summed E-state index contributed by atoms with van der Waals surface area (Å²) in [5, 5.41) is 19.5. The van der Waals surface area contributed by atoms with Gasteiger partial charge in [0.15, 0.2) is 0 Å². The third-order valence-corrected chi connectivity index (χ3v) is 2.48. The van der Waals surface area contributed by atoms with E-state index in [2.05, 4.69) is 0 Å². The fourth-order valence-corrected chi connectivity index (χ4v) is 1.46. The average molecular weight is 283 g/mol. The summed E-state index contributed by atoms with van der Waals surface area (Å²) < 4.78 is 9.67. The minimum Gasteiger partial charge on any atom is -0.434 e. The highest BCUT2D eigenvalue weighted by atomic mass is 16.7. The topological polar surface area (TPSA) is 98.9 Å². The zero-order valence-corrected chi connectivity index (χ0v) is 11.2. The second-order valence-corrected chi connectivity index (χ2v) is 4.30. The van der Waals surface area contributed by atoms with Crippen LogP contribution in [0.4, 0.5) is 10.5 Å². The third kappa shape index (κ3) is 6.14. The number of hydrogen-bond acceptors (Lipinski definition) is 6. The number of carbonyl (C=O) groups is 1. The summed E-state index contributed by atoms with van der Waals surface area (Å²) in [6.07, 6.45) is 0.835. The van der Waals surface area contributed by atoms with Crippen molar-refractivity contribution in [3.8, 4) is 5.75 Å². The Kier molecular flexibility index (Phi) is 6.45. The summed E-state index contributed by atoms with van der Waals surface area (Å²) in [6.45, 7) is 1.91. The van der Waals surface area contributed by atoms with E-state index in [9.17, 15) is 14.9 Å². The van der Waals surface area contributed by atoms with Crippen LogP contribution in [0.1, 0.15) is 26.2 Å². The van der Waals surface area contributed by atoms with Crippen LogP contribution in [0.2, 0.25) is 0 Å². The van der Waals surface area contributed by atoms with Crippen molar-refractivity contribution in [2.45, 2.75) is 32.3 Å². The van der Waals surface area contributed by atoms with E-state index in [4.69, 9.17) is 14.6 Å². The van der Waals surface area contributed by atoms with Crippen LogP contribution in [0, 0.1) is 10.1 Å². The molecule has 0 radical (unpaired) electrons. The second kappa shape index (κ2) is 8.11. The quantitative estimate of drug-likeness (QED) is 0.271. The first-order valence-electron chi connectivity index (χ1n) is 6.26. The van der Waals surface area contributed by atoms with Crippen molar-refractivity contribution in [2.75, 3.05) is 6.61 Å². The van der Waals surface area contributed by atoms with E-state index in [1.54, 1.807) is 6.92 Å². The summed E-state index contributed by atoms with van der Waals surface area (Å²) in [7, 11) is 0. The minimum atomic E-state index is -0.851. The van der Waals surface area contributed by atoms with Crippen LogP contribution >= 0.6 is 0 Å². The Morgan fingerprint density at radius 1 is 1.35 bits per heavy atom. The predicted octanol–water partition coefficient (Wildman–Crippen LogP) is 2.66. The summed E-state index contributed by atoms with van der Waals surface area (Å²) in [5.74, 6) is 0.185. The molecule has 20 heavy (non-hydrogen) atoms. The van der Waals surface area contributed by atoms with E-state index in [1.807, 2.05) is 0 Å². The maximum Gasteiger partial charge on any atom is 0.513 e. The van der Waals surface area contributed by atoms with Gasteiger partial charge in [0.25, 0.3) is 5.69 Å². The molecule has 0 aliphatic rings. The lowest BCUT2D eigenvalue weighted by atomic mass is 10.2. The number of aliphatic hydroxyl groups excluding tert-OH is 1. The molecule has 1 atom stereocenters. The molecule has 0 fully saturated rings. The molecule has 0 aliphatic heterocycles. The number of hydrogen-bond donors (Lipinski definition) is 1. The summed E-state index contributed by atoms with van der Waals surface area (Å²) >= 11 is 0. The van der Waals surface area contributed by atoms with Crippen LogP contribution in [-0.4, -0.2) is 28.9 Å². The van der Waals surface area contributed by atoms with Crippen molar-refractivity contribution in [2.24, 2.45) is 0 Å². The van der Waals surface area contributed by atoms with Gasteiger partial charge in [-0.1, -0.05) is 0 Å². The molecule has 7 heteroatoms. The van der Waals surface area contributed by atoms with Crippen LogP contribution in [0.25, 0.3) is 0 Å². The normalized spacial score (nSPS) is 11.7. The van der Waals surface area contributed by atoms with Crippen molar-refractivity contribution in [1.29, 1.82) is 0 Å². The minimum absolute atomic E-state index is 0.0798. The lowest BCUT2D eigenvalue weighted by molar-refractivity contribution is -0.384. The van der Waals surface area contributed by atoms with Crippen molar-refractivity contribution in [3.63, 3.8) is 0 Å². The fraction of sp³-hybridized carbons (Fsp3) is 0.462. The molecule has 0 amide bonds. The molecule has 1 aromatic rings. The molecule has 7 nitrogen and oxygen atoms in total. The van der Waals surface area contributed by atoms with Gasteiger partial charge in [0, 0.05) is 12.1 Å². The largest absolute Gasteiger partial charge is 0.513 e. The van der Waals surface area contributed by atoms with Gasteiger partial charge >= 0.3 is 6.16 Å².